The smallest absolute Gasteiger partial charge is 0.0506 e. The van der Waals surface area contributed by atoms with Gasteiger partial charge in [0.15, 0.2) is 0 Å². The van der Waals surface area contributed by atoms with Crippen molar-refractivity contribution in [3.8, 4) is 0 Å². The molecule has 0 radical (unpaired) electrons. The van der Waals surface area contributed by atoms with Crippen LogP contribution in [-0.2, 0) is 0 Å². The van der Waals surface area contributed by atoms with Gasteiger partial charge in [-0.3, -0.25) is 4.90 Å². The maximum Gasteiger partial charge on any atom is 0.0506 e. The van der Waals surface area contributed by atoms with Crippen molar-refractivity contribution in [1.82, 2.24) is 15.1 Å². The molecule has 0 atom stereocenters. The van der Waals surface area contributed by atoms with Crippen molar-refractivity contribution in [2.75, 3.05) is 50.9 Å². The fourth-order valence-electron chi connectivity index (χ4n) is 1.61. The van der Waals surface area contributed by atoms with E-state index in [4.69, 9.17) is 0 Å². The zero-order valence-corrected chi connectivity index (χ0v) is 10.6. The first-order chi connectivity index (χ1) is 6.36. The summed E-state index contributed by atoms with van der Waals surface area (Å²) in [6, 6.07) is 0. The molecule has 0 saturated carbocycles. The van der Waals surface area contributed by atoms with E-state index in [1.165, 1.54) is 43.7 Å². The summed E-state index contributed by atoms with van der Waals surface area (Å²) in [4.78, 5) is 5.08. The maximum atomic E-state index is 3.19. The molecule has 1 aliphatic heterocycles. The molecule has 1 aliphatic rings. The van der Waals surface area contributed by atoms with Crippen molar-refractivity contribution < 1.29 is 0 Å². The average molecular weight is 297 g/mol. The van der Waals surface area contributed by atoms with E-state index in [-0.39, 0.29) is 0 Å². The van der Waals surface area contributed by atoms with Crippen LogP contribution in [0.2, 0.25) is 0 Å². The molecule has 0 bridgehead atoms. The monoisotopic (exact) mass is 297 g/mol. The molecule has 0 aliphatic carbocycles. The SMILES string of the molecule is CNCCCN1CCN(CI)CC1. The van der Waals surface area contributed by atoms with Crippen LogP contribution in [0.3, 0.4) is 0 Å². The highest BCUT2D eigenvalue weighted by Gasteiger charge is 2.14. The van der Waals surface area contributed by atoms with Crippen LogP contribution in [0.5, 0.6) is 0 Å². The second-order valence-electron chi connectivity index (χ2n) is 3.54. The van der Waals surface area contributed by atoms with Crippen LogP contribution in [0.4, 0.5) is 0 Å². The molecule has 0 spiro atoms. The predicted octanol–water partition coefficient (Wildman–Crippen LogP) is 0.606. The molecule has 78 valence electrons. The Morgan fingerprint density at radius 1 is 1.15 bits per heavy atom. The number of hydrogen-bond donors (Lipinski definition) is 1. The van der Waals surface area contributed by atoms with E-state index in [1.807, 2.05) is 7.05 Å². The first-order valence-corrected chi connectivity index (χ1v) is 6.54. The third-order valence-electron chi connectivity index (χ3n) is 2.54. The summed E-state index contributed by atoms with van der Waals surface area (Å²) in [6.07, 6.45) is 1.28. The Morgan fingerprint density at radius 3 is 2.31 bits per heavy atom. The van der Waals surface area contributed by atoms with Gasteiger partial charge in [-0.05, 0) is 26.6 Å². The third-order valence-corrected chi connectivity index (χ3v) is 3.50. The molecule has 0 amide bonds. The second-order valence-corrected chi connectivity index (χ2v) is 4.22. The zero-order valence-electron chi connectivity index (χ0n) is 8.43. The molecule has 0 aromatic carbocycles. The van der Waals surface area contributed by atoms with E-state index in [1.54, 1.807) is 0 Å². The van der Waals surface area contributed by atoms with E-state index in [0.29, 0.717) is 0 Å². The molecule has 1 heterocycles. The lowest BCUT2D eigenvalue weighted by atomic mass is 10.3. The van der Waals surface area contributed by atoms with Crippen LogP contribution in [0.15, 0.2) is 0 Å². The van der Waals surface area contributed by atoms with Crippen molar-refractivity contribution in [3.05, 3.63) is 0 Å². The summed E-state index contributed by atoms with van der Waals surface area (Å²) < 4.78 is 1.18. The van der Waals surface area contributed by atoms with Crippen LogP contribution < -0.4 is 5.32 Å². The summed E-state index contributed by atoms with van der Waals surface area (Å²) >= 11 is 2.45. The van der Waals surface area contributed by atoms with Gasteiger partial charge in [-0.2, -0.15) is 0 Å². The summed E-state index contributed by atoms with van der Waals surface area (Å²) in [5, 5.41) is 3.19. The first-order valence-electron chi connectivity index (χ1n) is 5.02. The Balaban J connectivity index is 2.03. The fraction of sp³-hybridized carbons (Fsp3) is 1.00. The lowest BCUT2D eigenvalue weighted by Crippen LogP contribution is -2.46. The van der Waals surface area contributed by atoms with Crippen molar-refractivity contribution in [1.29, 1.82) is 0 Å². The Hall–Kier alpha value is 0.610. The fourth-order valence-corrected chi connectivity index (χ4v) is 2.29. The van der Waals surface area contributed by atoms with E-state index < -0.39 is 0 Å². The van der Waals surface area contributed by atoms with Crippen LogP contribution in [-0.4, -0.2) is 60.7 Å². The molecule has 4 heteroatoms. The Morgan fingerprint density at radius 2 is 1.77 bits per heavy atom. The molecule has 1 N–H and O–H groups in total. The van der Waals surface area contributed by atoms with Crippen molar-refractivity contribution in [3.63, 3.8) is 0 Å². The van der Waals surface area contributed by atoms with Crippen LogP contribution >= 0.6 is 22.6 Å². The number of rotatable bonds is 5. The molecular weight excluding hydrogens is 277 g/mol. The largest absolute Gasteiger partial charge is 0.320 e. The minimum atomic E-state index is 1.15. The van der Waals surface area contributed by atoms with Gasteiger partial charge in [0.05, 0.1) is 4.55 Å². The number of nitrogens with zero attached hydrogens (tertiary/aromatic N) is 2. The number of hydrogen-bond acceptors (Lipinski definition) is 3. The van der Waals surface area contributed by atoms with Crippen LogP contribution in [0.25, 0.3) is 0 Å². The van der Waals surface area contributed by atoms with Gasteiger partial charge in [-0.25, -0.2) is 0 Å². The van der Waals surface area contributed by atoms with Gasteiger partial charge in [0.1, 0.15) is 0 Å². The molecule has 1 rings (SSSR count). The van der Waals surface area contributed by atoms with Gasteiger partial charge in [-0.1, -0.05) is 22.6 Å². The maximum absolute atomic E-state index is 3.19. The molecule has 13 heavy (non-hydrogen) atoms. The van der Waals surface area contributed by atoms with Gasteiger partial charge < -0.3 is 10.2 Å². The molecule has 3 nitrogen and oxygen atoms in total. The average Bonchev–Trinajstić information content (AvgIpc) is 2.19. The molecule has 1 fully saturated rings. The highest BCUT2D eigenvalue weighted by Crippen LogP contribution is 2.03. The third kappa shape index (κ3) is 4.58. The predicted molar refractivity (Wildman–Crippen MR) is 65.4 cm³/mol. The van der Waals surface area contributed by atoms with Gasteiger partial charge in [0, 0.05) is 26.2 Å². The topological polar surface area (TPSA) is 18.5 Å². The summed E-state index contributed by atoms with van der Waals surface area (Å²) in [5.74, 6) is 0. The standard InChI is InChI=1S/C9H20IN3/c1-11-3-2-4-12-5-7-13(9-10)8-6-12/h11H,2-9H2,1H3. The van der Waals surface area contributed by atoms with Crippen molar-refractivity contribution in [2.45, 2.75) is 6.42 Å². The number of nitrogens with one attached hydrogen (secondary N) is 1. The molecule has 0 aromatic heterocycles. The van der Waals surface area contributed by atoms with Crippen LogP contribution in [0, 0.1) is 0 Å². The molecule has 1 saturated heterocycles. The van der Waals surface area contributed by atoms with Gasteiger partial charge in [0.2, 0.25) is 0 Å². The molecule has 0 aromatic rings. The lowest BCUT2D eigenvalue weighted by molar-refractivity contribution is 0.150. The Bertz CT molecular complexity index is 121. The van der Waals surface area contributed by atoms with Crippen molar-refractivity contribution >= 4 is 22.6 Å². The molecule has 0 unspecified atom stereocenters. The summed E-state index contributed by atoms with van der Waals surface area (Å²) in [6.45, 7) is 7.42. The minimum absolute atomic E-state index is 1.15. The number of alkyl halides is 1. The van der Waals surface area contributed by atoms with Crippen LogP contribution in [0.1, 0.15) is 6.42 Å². The number of piperazine rings is 1. The first kappa shape index (κ1) is 11.7. The molecular formula is C9H20IN3. The van der Waals surface area contributed by atoms with E-state index >= 15 is 0 Å². The Kier molecular flexibility index (Phi) is 6.27. The van der Waals surface area contributed by atoms with Gasteiger partial charge in [0.25, 0.3) is 0 Å². The van der Waals surface area contributed by atoms with Gasteiger partial charge >= 0.3 is 0 Å². The highest BCUT2D eigenvalue weighted by molar-refractivity contribution is 14.1. The minimum Gasteiger partial charge on any atom is -0.320 e. The lowest BCUT2D eigenvalue weighted by Gasteiger charge is -2.33. The Labute approximate surface area is 95.0 Å². The number of halogens is 1. The second kappa shape index (κ2) is 6.98. The quantitative estimate of drug-likeness (QED) is 0.347. The summed E-state index contributed by atoms with van der Waals surface area (Å²) in [7, 11) is 2.02. The summed E-state index contributed by atoms with van der Waals surface area (Å²) in [5.41, 5.74) is 0. The zero-order chi connectivity index (χ0) is 9.52. The normalized spacial score (nSPS) is 20.8. The van der Waals surface area contributed by atoms with E-state index in [2.05, 4.69) is 37.7 Å². The van der Waals surface area contributed by atoms with Gasteiger partial charge in [-0.15, -0.1) is 0 Å². The van der Waals surface area contributed by atoms with Crippen molar-refractivity contribution in [2.24, 2.45) is 0 Å². The van der Waals surface area contributed by atoms with E-state index in [9.17, 15) is 0 Å². The van der Waals surface area contributed by atoms with E-state index in [0.717, 1.165) is 6.54 Å². The highest BCUT2D eigenvalue weighted by atomic mass is 127.